The fourth-order valence-corrected chi connectivity index (χ4v) is 4.30. The maximum absolute atomic E-state index is 13.5. The standard InChI is InChI=1S/C23H22Cl2N4O4/c1-28(32-2)23(31)19-20(29-10-12-33-13-11-29)14-6-3-4-9-17(14)26-21(19)27-22(30)18-15(24)7-5-8-16(18)25/h3-9H,10-13H2,1-2H3,(H,26,27,30). The number of carbonyl (C=O) groups is 2. The first kappa shape index (κ1) is 23.3. The summed E-state index contributed by atoms with van der Waals surface area (Å²) in [7, 11) is 2.89. The summed E-state index contributed by atoms with van der Waals surface area (Å²) < 4.78 is 5.50. The van der Waals surface area contributed by atoms with Gasteiger partial charge in [-0.3, -0.25) is 14.4 Å². The van der Waals surface area contributed by atoms with Gasteiger partial charge in [-0.15, -0.1) is 0 Å². The molecule has 0 bridgehead atoms. The number of rotatable bonds is 5. The molecule has 0 aliphatic carbocycles. The van der Waals surface area contributed by atoms with E-state index in [1.807, 2.05) is 24.3 Å². The molecular weight excluding hydrogens is 467 g/mol. The second-order valence-electron chi connectivity index (χ2n) is 7.34. The third-order valence-corrected chi connectivity index (χ3v) is 6.02. The van der Waals surface area contributed by atoms with Gasteiger partial charge in [-0.1, -0.05) is 47.5 Å². The molecule has 1 aromatic heterocycles. The fourth-order valence-electron chi connectivity index (χ4n) is 3.73. The maximum Gasteiger partial charge on any atom is 0.283 e. The van der Waals surface area contributed by atoms with Crippen LogP contribution >= 0.6 is 23.2 Å². The van der Waals surface area contributed by atoms with Crippen LogP contribution in [-0.4, -0.2) is 62.3 Å². The summed E-state index contributed by atoms with van der Waals surface area (Å²) in [6.45, 7) is 2.19. The summed E-state index contributed by atoms with van der Waals surface area (Å²) in [5, 5.41) is 5.01. The molecular formula is C23H22Cl2N4O4. The number of benzene rings is 2. The van der Waals surface area contributed by atoms with Crippen LogP contribution in [0.1, 0.15) is 20.7 Å². The van der Waals surface area contributed by atoms with Gasteiger partial charge in [0.1, 0.15) is 11.4 Å². The minimum atomic E-state index is -0.574. The average Bonchev–Trinajstić information content (AvgIpc) is 2.82. The number of nitrogens with one attached hydrogen (secondary N) is 1. The lowest BCUT2D eigenvalue weighted by Crippen LogP contribution is -2.39. The summed E-state index contributed by atoms with van der Waals surface area (Å²) >= 11 is 12.5. The Morgan fingerprint density at radius 2 is 1.73 bits per heavy atom. The SMILES string of the molecule is CON(C)C(=O)c1c(NC(=O)c2c(Cl)cccc2Cl)nc2ccccc2c1N1CCOCC1. The van der Waals surface area contributed by atoms with Gasteiger partial charge in [-0.2, -0.15) is 0 Å². The highest BCUT2D eigenvalue weighted by Gasteiger charge is 2.29. The molecule has 3 aromatic rings. The number of carbonyl (C=O) groups excluding carboxylic acids is 2. The number of hydroxylamine groups is 2. The molecule has 0 saturated carbocycles. The van der Waals surface area contributed by atoms with Crippen molar-refractivity contribution in [3.05, 3.63) is 63.6 Å². The maximum atomic E-state index is 13.5. The largest absolute Gasteiger partial charge is 0.378 e. The predicted octanol–water partition coefficient (Wildman–Crippen LogP) is 4.26. The quantitative estimate of drug-likeness (QED) is 0.540. The van der Waals surface area contributed by atoms with Gasteiger partial charge in [0.25, 0.3) is 11.8 Å². The molecule has 10 heteroatoms. The molecule has 8 nitrogen and oxygen atoms in total. The molecule has 33 heavy (non-hydrogen) atoms. The molecule has 2 heterocycles. The number of nitrogens with zero attached hydrogens (tertiary/aromatic N) is 3. The number of morpholine rings is 1. The lowest BCUT2D eigenvalue weighted by atomic mass is 10.0. The van der Waals surface area contributed by atoms with Crippen molar-refractivity contribution in [1.29, 1.82) is 0 Å². The van der Waals surface area contributed by atoms with Crippen LogP contribution in [0.4, 0.5) is 11.5 Å². The summed E-state index contributed by atoms with van der Waals surface area (Å²) in [5.41, 5.74) is 1.58. The monoisotopic (exact) mass is 488 g/mol. The van der Waals surface area contributed by atoms with Gasteiger partial charge in [0.2, 0.25) is 0 Å². The summed E-state index contributed by atoms with van der Waals surface area (Å²) in [4.78, 5) is 38.5. The Balaban J connectivity index is 1.92. The van der Waals surface area contributed by atoms with Crippen LogP contribution in [0.15, 0.2) is 42.5 Å². The van der Waals surface area contributed by atoms with E-state index in [0.29, 0.717) is 37.5 Å². The number of hydrogen-bond donors (Lipinski definition) is 1. The van der Waals surface area contributed by atoms with Crippen molar-refractivity contribution in [3.8, 4) is 0 Å². The van der Waals surface area contributed by atoms with Crippen LogP contribution in [0.2, 0.25) is 10.0 Å². The van der Waals surface area contributed by atoms with E-state index in [2.05, 4.69) is 15.2 Å². The minimum absolute atomic E-state index is 0.0880. The zero-order chi connectivity index (χ0) is 23.5. The number of pyridine rings is 1. The van der Waals surface area contributed by atoms with E-state index in [1.54, 1.807) is 18.2 Å². The molecule has 0 spiro atoms. The lowest BCUT2D eigenvalue weighted by molar-refractivity contribution is -0.0756. The normalized spacial score (nSPS) is 13.8. The van der Waals surface area contributed by atoms with Crippen molar-refractivity contribution in [3.63, 3.8) is 0 Å². The molecule has 0 radical (unpaired) electrons. The molecule has 2 amide bonds. The number of aromatic nitrogens is 1. The molecule has 2 aromatic carbocycles. The topological polar surface area (TPSA) is 84.0 Å². The fraction of sp³-hybridized carbons (Fsp3) is 0.261. The molecule has 0 atom stereocenters. The first-order chi connectivity index (χ1) is 15.9. The second-order valence-corrected chi connectivity index (χ2v) is 8.15. The van der Waals surface area contributed by atoms with Crippen LogP contribution in [0.5, 0.6) is 0 Å². The molecule has 4 rings (SSSR count). The number of anilines is 2. The minimum Gasteiger partial charge on any atom is -0.378 e. The van der Waals surface area contributed by atoms with Crippen molar-refractivity contribution < 1.29 is 19.2 Å². The van der Waals surface area contributed by atoms with Crippen molar-refractivity contribution >= 4 is 57.4 Å². The first-order valence-electron chi connectivity index (χ1n) is 10.2. The molecule has 1 aliphatic heterocycles. The van der Waals surface area contributed by atoms with Gasteiger partial charge in [-0.25, -0.2) is 10.0 Å². The number of ether oxygens (including phenoxy) is 1. The van der Waals surface area contributed by atoms with E-state index in [-0.39, 0.29) is 27.0 Å². The molecule has 1 fully saturated rings. The lowest BCUT2D eigenvalue weighted by Gasteiger charge is -2.32. The molecule has 172 valence electrons. The Hall–Kier alpha value is -2.91. The van der Waals surface area contributed by atoms with Crippen LogP contribution < -0.4 is 10.2 Å². The highest BCUT2D eigenvalue weighted by molar-refractivity contribution is 6.40. The van der Waals surface area contributed by atoms with E-state index in [9.17, 15) is 9.59 Å². The van der Waals surface area contributed by atoms with E-state index < -0.39 is 11.8 Å². The highest BCUT2D eigenvalue weighted by atomic mass is 35.5. The second kappa shape index (κ2) is 9.93. The molecule has 1 saturated heterocycles. The number of fused-ring (bicyclic) bond motifs is 1. The Bertz CT molecular complexity index is 1190. The Labute approximate surface area is 200 Å². The molecule has 1 aliphatic rings. The van der Waals surface area contributed by atoms with Gasteiger partial charge >= 0.3 is 0 Å². The van der Waals surface area contributed by atoms with Crippen molar-refractivity contribution in [2.24, 2.45) is 0 Å². The number of halogens is 2. The van der Waals surface area contributed by atoms with E-state index in [0.717, 1.165) is 10.4 Å². The summed E-state index contributed by atoms with van der Waals surface area (Å²) in [6.07, 6.45) is 0. The van der Waals surface area contributed by atoms with Gasteiger partial charge in [0.15, 0.2) is 0 Å². The van der Waals surface area contributed by atoms with E-state index in [4.69, 9.17) is 32.8 Å². The predicted molar refractivity (Wildman–Crippen MR) is 128 cm³/mol. The number of para-hydroxylation sites is 1. The van der Waals surface area contributed by atoms with Gasteiger partial charge in [0, 0.05) is 25.5 Å². The highest BCUT2D eigenvalue weighted by Crippen LogP contribution is 2.36. The Kier molecular flexibility index (Phi) is 6.99. The van der Waals surface area contributed by atoms with Gasteiger partial charge in [0.05, 0.1) is 47.1 Å². The zero-order valence-electron chi connectivity index (χ0n) is 18.1. The average molecular weight is 489 g/mol. The zero-order valence-corrected chi connectivity index (χ0v) is 19.6. The number of hydrogen-bond acceptors (Lipinski definition) is 6. The van der Waals surface area contributed by atoms with Crippen LogP contribution in [0.3, 0.4) is 0 Å². The summed E-state index contributed by atoms with van der Waals surface area (Å²) in [6, 6.07) is 12.2. The van der Waals surface area contributed by atoms with Crippen LogP contribution in [0.25, 0.3) is 10.9 Å². The molecule has 0 unspecified atom stereocenters. The van der Waals surface area contributed by atoms with Crippen molar-refractivity contribution in [1.82, 2.24) is 10.0 Å². The molecule has 1 N–H and O–H groups in total. The van der Waals surface area contributed by atoms with Crippen LogP contribution in [-0.2, 0) is 9.57 Å². The van der Waals surface area contributed by atoms with E-state index >= 15 is 0 Å². The first-order valence-corrected chi connectivity index (χ1v) is 11.0. The Morgan fingerprint density at radius 1 is 1.06 bits per heavy atom. The van der Waals surface area contributed by atoms with Gasteiger partial charge < -0.3 is 15.0 Å². The third-order valence-electron chi connectivity index (χ3n) is 5.39. The van der Waals surface area contributed by atoms with Crippen LogP contribution in [0, 0.1) is 0 Å². The van der Waals surface area contributed by atoms with Crippen molar-refractivity contribution in [2.45, 2.75) is 0 Å². The van der Waals surface area contributed by atoms with E-state index in [1.165, 1.54) is 14.2 Å². The summed E-state index contributed by atoms with van der Waals surface area (Å²) in [5.74, 6) is -0.946. The Morgan fingerprint density at radius 3 is 2.39 bits per heavy atom. The van der Waals surface area contributed by atoms with Crippen molar-refractivity contribution in [2.75, 3.05) is 50.7 Å². The smallest absolute Gasteiger partial charge is 0.283 e. The third kappa shape index (κ3) is 4.60. The van der Waals surface area contributed by atoms with Gasteiger partial charge in [-0.05, 0) is 18.2 Å². The number of amides is 2.